The Morgan fingerprint density at radius 2 is 2.22 bits per heavy atom. The molecule has 0 aliphatic rings. The van der Waals surface area contributed by atoms with Gasteiger partial charge in [-0.05, 0) is 44.2 Å². The van der Waals surface area contributed by atoms with Gasteiger partial charge in [0.15, 0.2) is 0 Å². The second-order valence-corrected chi connectivity index (χ2v) is 4.38. The van der Waals surface area contributed by atoms with E-state index in [0.29, 0.717) is 25.2 Å². The lowest BCUT2D eigenvalue weighted by Crippen LogP contribution is -2.34. The van der Waals surface area contributed by atoms with Crippen molar-refractivity contribution in [2.45, 2.75) is 20.4 Å². The van der Waals surface area contributed by atoms with Crippen LogP contribution in [0.2, 0.25) is 0 Å². The fourth-order valence-corrected chi connectivity index (χ4v) is 1.79. The number of carbonyl (C=O) groups is 1. The highest BCUT2D eigenvalue weighted by Crippen LogP contribution is 2.12. The predicted octanol–water partition coefficient (Wildman–Crippen LogP) is 1.43. The van der Waals surface area contributed by atoms with Gasteiger partial charge in [0.05, 0.1) is 18.2 Å². The maximum Gasteiger partial charge on any atom is 0.234 e. The van der Waals surface area contributed by atoms with Gasteiger partial charge in [-0.2, -0.15) is 5.26 Å². The van der Waals surface area contributed by atoms with E-state index >= 15 is 0 Å². The highest BCUT2D eigenvalue weighted by Gasteiger charge is 2.08. The van der Waals surface area contributed by atoms with E-state index in [1.807, 2.05) is 44.0 Å². The number of hydrogen-bond donors (Lipinski definition) is 1. The van der Waals surface area contributed by atoms with Gasteiger partial charge in [-0.1, -0.05) is 6.07 Å². The van der Waals surface area contributed by atoms with Gasteiger partial charge in [-0.3, -0.25) is 9.69 Å². The Hall–Kier alpha value is -1.86. The van der Waals surface area contributed by atoms with Gasteiger partial charge < -0.3 is 5.32 Å². The van der Waals surface area contributed by atoms with Crippen LogP contribution in [0.5, 0.6) is 0 Å². The summed E-state index contributed by atoms with van der Waals surface area (Å²) in [7, 11) is 1.91. The van der Waals surface area contributed by atoms with Crippen molar-refractivity contribution in [2.24, 2.45) is 0 Å². The highest BCUT2D eigenvalue weighted by molar-refractivity contribution is 5.77. The number of likely N-dealkylation sites (N-methyl/N-ethyl adjacent to an activating group) is 2. The fraction of sp³-hybridized carbons (Fsp3) is 0.429. The highest BCUT2D eigenvalue weighted by atomic mass is 16.1. The number of amides is 1. The number of hydrogen-bond acceptors (Lipinski definition) is 3. The molecule has 1 rings (SSSR count). The third kappa shape index (κ3) is 4.19. The van der Waals surface area contributed by atoms with Gasteiger partial charge in [0.25, 0.3) is 0 Å². The smallest absolute Gasteiger partial charge is 0.234 e. The van der Waals surface area contributed by atoms with Crippen LogP contribution in [0.3, 0.4) is 0 Å². The zero-order valence-electron chi connectivity index (χ0n) is 11.2. The van der Waals surface area contributed by atoms with Crippen molar-refractivity contribution >= 4 is 5.91 Å². The average molecular weight is 245 g/mol. The van der Waals surface area contributed by atoms with Crippen molar-refractivity contribution in [1.29, 1.82) is 5.26 Å². The standard InChI is InChI=1S/C14H19N3O/c1-4-16-14(18)10-17(3)9-13-6-5-12(8-15)7-11(13)2/h5-7H,4,9-10H2,1-3H3,(H,16,18). The van der Waals surface area contributed by atoms with Gasteiger partial charge in [-0.15, -0.1) is 0 Å². The minimum atomic E-state index is 0.0336. The molecule has 1 N–H and O–H groups in total. The first-order valence-corrected chi connectivity index (χ1v) is 6.01. The fourth-order valence-electron chi connectivity index (χ4n) is 1.79. The van der Waals surface area contributed by atoms with Gasteiger partial charge >= 0.3 is 0 Å². The molecule has 1 aromatic carbocycles. The van der Waals surface area contributed by atoms with Crippen LogP contribution in [0, 0.1) is 18.3 Å². The number of nitrogens with zero attached hydrogens (tertiary/aromatic N) is 2. The molecule has 0 saturated heterocycles. The quantitative estimate of drug-likeness (QED) is 0.854. The first kappa shape index (κ1) is 14.2. The van der Waals surface area contributed by atoms with Gasteiger partial charge in [0, 0.05) is 13.1 Å². The second kappa shape index (κ2) is 6.77. The summed E-state index contributed by atoms with van der Waals surface area (Å²) in [5.74, 6) is 0.0336. The molecular formula is C14H19N3O. The van der Waals surface area contributed by atoms with Crippen LogP contribution in [-0.2, 0) is 11.3 Å². The second-order valence-electron chi connectivity index (χ2n) is 4.38. The topological polar surface area (TPSA) is 56.1 Å². The molecule has 18 heavy (non-hydrogen) atoms. The zero-order valence-corrected chi connectivity index (χ0v) is 11.2. The summed E-state index contributed by atoms with van der Waals surface area (Å²) in [5, 5.41) is 11.6. The molecule has 1 aromatic rings. The van der Waals surface area contributed by atoms with Gasteiger partial charge in [0.1, 0.15) is 0 Å². The van der Waals surface area contributed by atoms with Crippen molar-refractivity contribution in [3.63, 3.8) is 0 Å². The predicted molar refractivity (Wildman–Crippen MR) is 70.9 cm³/mol. The first-order valence-electron chi connectivity index (χ1n) is 6.01. The number of nitriles is 1. The first-order chi connectivity index (χ1) is 8.56. The minimum Gasteiger partial charge on any atom is -0.355 e. The zero-order chi connectivity index (χ0) is 13.5. The van der Waals surface area contributed by atoms with Crippen LogP contribution < -0.4 is 5.32 Å². The summed E-state index contributed by atoms with van der Waals surface area (Å²) in [6.45, 7) is 5.63. The Bertz CT molecular complexity index is 463. The molecule has 0 aromatic heterocycles. The summed E-state index contributed by atoms with van der Waals surface area (Å²) in [6, 6.07) is 7.74. The van der Waals surface area contributed by atoms with E-state index in [2.05, 4.69) is 11.4 Å². The van der Waals surface area contributed by atoms with Crippen LogP contribution in [0.1, 0.15) is 23.6 Å². The van der Waals surface area contributed by atoms with Crippen LogP contribution in [-0.4, -0.2) is 30.9 Å². The van der Waals surface area contributed by atoms with Crippen molar-refractivity contribution in [3.05, 3.63) is 34.9 Å². The van der Waals surface area contributed by atoms with Crippen LogP contribution in [0.25, 0.3) is 0 Å². The van der Waals surface area contributed by atoms with E-state index in [1.165, 1.54) is 0 Å². The van der Waals surface area contributed by atoms with Crippen molar-refractivity contribution in [1.82, 2.24) is 10.2 Å². The van der Waals surface area contributed by atoms with Gasteiger partial charge in [-0.25, -0.2) is 0 Å². The van der Waals surface area contributed by atoms with Crippen LogP contribution >= 0.6 is 0 Å². The minimum absolute atomic E-state index is 0.0336. The molecule has 0 saturated carbocycles. The van der Waals surface area contributed by atoms with E-state index in [9.17, 15) is 4.79 Å². The maximum atomic E-state index is 11.4. The lowest BCUT2D eigenvalue weighted by atomic mass is 10.1. The van der Waals surface area contributed by atoms with E-state index in [1.54, 1.807) is 0 Å². The normalized spacial score (nSPS) is 10.2. The number of benzene rings is 1. The average Bonchev–Trinajstić information content (AvgIpc) is 2.31. The van der Waals surface area contributed by atoms with Gasteiger partial charge in [0.2, 0.25) is 5.91 Å². The lowest BCUT2D eigenvalue weighted by molar-refractivity contribution is -0.121. The molecule has 0 spiro atoms. The third-order valence-corrected chi connectivity index (χ3v) is 2.70. The Morgan fingerprint density at radius 1 is 1.50 bits per heavy atom. The molecule has 0 aliphatic carbocycles. The van der Waals surface area contributed by atoms with E-state index in [4.69, 9.17) is 5.26 Å². The van der Waals surface area contributed by atoms with Crippen LogP contribution in [0.15, 0.2) is 18.2 Å². The molecule has 0 radical (unpaired) electrons. The number of rotatable bonds is 5. The Labute approximate surface area is 108 Å². The molecule has 0 fully saturated rings. The molecule has 4 nitrogen and oxygen atoms in total. The largest absolute Gasteiger partial charge is 0.355 e. The van der Waals surface area contributed by atoms with E-state index in [-0.39, 0.29) is 5.91 Å². The summed E-state index contributed by atoms with van der Waals surface area (Å²) in [4.78, 5) is 13.4. The molecule has 96 valence electrons. The summed E-state index contributed by atoms with van der Waals surface area (Å²) >= 11 is 0. The van der Waals surface area contributed by atoms with E-state index in [0.717, 1.165) is 11.1 Å². The molecule has 0 aliphatic heterocycles. The molecule has 0 atom stereocenters. The molecule has 0 bridgehead atoms. The van der Waals surface area contributed by atoms with Crippen molar-refractivity contribution < 1.29 is 4.79 Å². The Morgan fingerprint density at radius 3 is 2.78 bits per heavy atom. The Kier molecular flexibility index (Phi) is 5.34. The number of nitrogens with one attached hydrogen (secondary N) is 1. The monoisotopic (exact) mass is 245 g/mol. The van der Waals surface area contributed by atoms with Crippen LogP contribution in [0.4, 0.5) is 0 Å². The molecule has 0 heterocycles. The summed E-state index contributed by atoms with van der Waals surface area (Å²) in [6.07, 6.45) is 0. The Balaban J connectivity index is 2.62. The molecule has 4 heteroatoms. The molecule has 0 unspecified atom stereocenters. The lowest BCUT2D eigenvalue weighted by Gasteiger charge is -2.17. The summed E-state index contributed by atoms with van der Waals surface area (Å²) in [5.41, 5.74) is 2.89. The molecular weight excluding hydrogens is 226 g/mol. The SMILES string of the molecule is CCNC(=O)CN(C)Cc1ccc(C#N)cc1C. The van der Waals surface area contributed by atoms with E-state index < -0.39 is 0 Å². The summed E-state index contributed by atoms with van der Waals surface area (Å²) < 4.78 is 0. The maximum absolute atomic E-state index is 11.4. The molecule has 1 amide bonds. The van der Waals surface area contributed by atoms with Crippen molar-refractivity contribution in [2.75, 3.05) is 20.1 Å². The number of aryl methyl sites for hydroxylation is 1. The third-order valence-electron chi connectivity index (χ3n) is 2.70. The number of carbonyl (C=O) groups excluding carboxylic acids is 1. The van der Waals surface area contributed by atoms with Crippen molar-refractivity contribution in [3.8, 4) is 6.07 Å².